The van der Waals surface area contributed by atoms with Crippen LogP contribution in [0.5, 0.6) is 0 Å². The minimum atomic E-state index is -0.595. The standard InChI is InChI=1S/C10H12O2S/c11-10(8-13-12)7-6-9-4-2-1-3-5-9/h1-5,8,10-11H,6-7H2. The fraction of sp³-hybridized carbons (Fsp3) is 0.300. The molecule has 0 amide bonds. The van der Waals surface area contributed by atoms with Gasteiger partial charge in [-0.25, -0.2) is 4.21 Å². The van der Waals surface area contributed by atoms with Crippen LogP contribution in [0.3, 0.4) is 0 Å². The van der Waals surface area contributed by atoms with Gasteiger partial charge < -0.3 is 5.11 Å². The third-order valence-corrected chi connectivity index (χ3v) is 2.21. The molecule has 1 atom stereocenters. The molecular formula is C10H12O2S. The molecule has 0 saturated carbocycles. The van der Waals surface area contributed by atoms with Crippen LogP contribution in [0.15, 0.2) is 30.3 Å². The second kappa shape index (κ2) is 5.67. The minimum Gasteiger partial charge on any atom is -0.388 e. The molecule has 0 aliphatic carbocycles. The molecule has 70 valence electrons. The Hall–Kier alpha value is -0.930. The van der Waals surface area contributed by atoms with Gasteiger partial charge in [-0.05, 0) is 18.4 Å². The van der Waals surface area contributed by atoms with E-state index in [-0.39, 0.29) is 0 Å². The summed E-state index contributed by atoms with van der Waals surface area (Å²) in [6, 6.07) is 9.91. The van der Waals surface area contributed by atoms with E-state index in [9.17, 15) is 9.32 Å². The highest BCUT2D eigenvalue weighted by atomic mass is 32.1. The van der Waals surface area contributed by atoms with Gasteiger partial charge >= 0.3 is 0 Å². The van der Waals surface area contributed by atoms with Gasteiger partial charge in [0.1, 0.15) is 0 Å². The van der Waals surface area contributed by atoms with Crippen LogP contribution < -0.4 is 0 Å². The van der Waals surface area contributed by atoms with E-state index < -0.39 is 6.10 Å². The smallest absolute Gasteiger partial charge is 0.0868 e. The van der Waals surface area contributed by atoms with Gasteiger partial charge in [-0.2, -0.15) is 0 Å². The van der Waals surface area contributed by atoms with Crippen LogP contribution >= 0.6 is 0 Å². The number of aliphatic hydroxyl groups excluding tert-OH is 1. The van der Waals surface area contributed by atoms with E-state index in [1.807, 2.05) is 30.3 Å². The molecule has 1 N–H and O–H groups in total. The van der Waals surface area contributed by atoms with Crippen LogP contribution in [0.25, 0.3) is 0 Å². The fourth-order valence-electron chi connectivity index (χ4n) is 1.09. The van der Waals surface area contributed by atoms with E-state index in [0.717, 1.165) is 6.42 Å². The predicted molar refractivity (Wildman–Crippen MR) is 55.0 cm³/mol. The fourth-order valence-corrected chi connectivity index (χ4v) is 1.36. The van der Waals surface area contributed by atoms with Crippen molar-refractivity contribution in [2.45, 2.75) is 18.9 Å². The zero-order chi connectivity index (χ0) is 9.52. The van der Waals surface area contributed by atoms with Crippen molar-refractivity contribution >= 4 is 16.6 Å². The summed E-state index contributed by atoms with van der Waals surface area (Å²) in [7, 11) is 0. The zero-order valence-electron chi connectivity index (χ0n) is 7.22. The average Bonchev–Trinajstić information content (AvgIpc) is 2.17. The lowest BCUT2D eigenvalue weighted by atomic mass is 10.1. The summed E-state index contributed by atoms with van der Waals surface area (Å²) in [6.07, 6.45) is 0.820. The van der Waals surface area contributed by atoms with Crippen molar-refractivity contribution in [1.82, 2.24) is 0 Å². The molecule has 1 unspecified atom stereocenters. The van der Waals surface area contributed by atoms with Crippen molar-refractivity contribution in [3.05, 3.63) is 35.9 Å². The zero-order valence-corrected chi connectivity index (χ0v) is 8.04. The summed E-state index contributed by atoms with van der Waals surface area (Å²) in [5.41, 5.74) is 1.19. The monoisotopic (exact) mass is 196 g/mol. The third-order valence-electron chi connectivity index (χ3n) is 1.78. The van der Waals surface area contributed by atoms with Crippen LogP contribution in [0.4, 0.5) is 0 Å². The van der Waals surface area contributed by atoms with Crippen molar-refractivity contribution < 1.29 is 9.32 Å². The molecule has 0 spiro atoms. The Balaban J connectivity index is 2.39. The molecule has 0 aliphatic rings. The number of rotatable bonds is 4. The summed E-state index contributed by atoms with van der Waals surface area (Å²) < 4.78 is 10.1. The molecule has 3 heteroatoms. The predicted octanol–water partition coefficient (Wildman–Crippen LogP) is 0.995. The number of aryl methyl sites for hydroxylation is 1. The van der Waals surface area contributed by atoms with Gasteiger partial charge in [-0.15, -0.1) is 0 Å². The lowest BCUT2D eigenvalue weighted by Crippen LogP contribution is -2.08. The van der Waals surface area contributed by atoms with Gasteiger partial charge in [0, 0.05) is 5.37 Å². The van der Waals surface area contributed by atoms with E-state index in [1.54, 1.807) is 0 Å². The van der Waals surface area contributed by atoms with Gasteiger partial charge in [-0.1, -0.05) is 30.3 Å². The summed E-state index contributed by atoms with van der Waals surface area (Å²) in [5, 5.41) is 10.5. The lowest BCUT2D eigenvalue weighted by Gasteiger charge is -2.03. The highest BCUT2D eigenvalue weighted by Crippen LogP contribution is 2.03. The maximum absolute atomic E-state index is 10.1. The maximum atomic E-state index is 10.1. The molecule has 2 nitrogen and oxygen atoms in total. The van der Waals surface area contributed by atoms with Crippen LogP contribution in [0, 0.1) is 0 Å². The van der Waals surface area contributed by atoms with E-state index in [1.165, 1.54) is 10.9 Å². The largest absolute Gasteiger partial charge is 0.388 e. The van der Waals surface area contributed by atoms with Gasteiger partial charge in [0.25, 0.3) is 0 Å². The Kier molecular flexibility index (Phi) is 4.43. The lowest BCUT2D eigenvalue weighted by molar-refractivity contribution is 0.238. The second-order valence-electron chi connectivity index (χ2n) is 2.82. The summed E-state index contributed by atoms with van der Waals surface area (Å²) in [5.74, 6) is 0. The molecule has 0 radical (unpaired) electrons. The highest BCUT2D eigenvalue weighted by Gasteiger charge is 1.99. The first-order chi connectivity index (χ1) is 6.33. The Bertz CT molecular complexity index is 291. The van der Waals surface area contributed by atoms with Crippen LogP contribution in [-0.4, -0.2) is 20.8 Å². The quantitative estimate of drug-likeness (QED) is 0.729. The van der Waals surface area contributed by atoms with E-state index >= 15 is 0 Å². The van der Waals surface area contributed by atoms with Crippen LogP contribution in [-0.2, 0) is 17.7 Å². The Morgan fingerprint density at radius 1 is 1.38 bits per heavy atom. The van der Waals surface area contributed by atoms with Crippen molar-refractivity contribution in [3.63, 3.8) is 0 Å². The Morgan fingerprint density at radius 2 is 2.08 bits per heavy atom. The molecule has 1 rings (SSSR count). The maximum Gasteiger partial charge on any atom is 0.0868 e. The van der Waals surface area contributed by atoms with Gasteiger partial charge in [-0.3, -0.25) is 0 Å². The van der Waals surface area contributed by atoms with Gasteiger partial charge in [0.2, 0.25) is 0 Å². The average molecular weight is 196 g/mol. The van der Waals surface area contributed by atoms with Crippen molar-refractivity contribution in [2.75, 3.05) is 0 Å². The summed E-state index contributed by atoms with van der Waals surface area (Å²) in [6.45, 7) is 0. The SMILES string of the molecule is O=S=CC(O)CCc1ccccc1. The van der Waals surface area contributed by atoms with Crippen molar-refractivity contribution in [3.8, 4) is 0 Å². The molecule has 0 aromatic heterocycles. The first-order valence-electron chi connectivity index (χ1n) is 4.17. The summed E-state index contributed by atoms with van der Waals surface area (Å²) >= 11 is 0.320. The molecule has 1 aromatic rings. The minimum absolute atomic E-state index is 0.320. The van der Waals surface area contributed by atoms with Crippen molar-refractivity contribution in [1.29, 1.82) is 0 Å². The van der Waals surface area contributed by atoms with Gasteiger partial charge in [0.05, 0.1) is 17.4 Å². The number of hydrogen-bond acceptors (Lipinski definition) is 2. The topological polar surface area (TPSA) is 37.3 Å². The first-order valence-corrected chi connectivity index (χ1v) is 4.97. The number of aliphatic hydroxyl groups is 1. The summed E-state index contributed by atoms with van der Waals surface area (Å²) in [4.78, 5) is 0. The molecular weight excluding hydrogens is 184 g/mol. The van der Waals surface area contributed by atoms with Crippen LogP contribution in [0.2, 0.25) is 0 Å². The van der Waals surface area contributed by atoms with Gasteiger partial charge in [0.15, 0.2) is 0 Å². The van der Waals surface area contributed by atoms with E-state index in [0.29, 0.717) is 17.7 Å². The molecule has 1 aromatic carbocycles. The normalized spacial score (nSPS) is 12.1. The molecule has 0 bridgehead atoms. The molecule has 13 heavy (non-hydrogen) atoms. The molecule has 0 fully saturated rings. The molecule has 0 heterocycles. The molecule has 0 saturated heterocycles. The Labute approximate surface area is 81.3 Å². The van der Waals surface area contributed by atoms with Crippen LogP contribution in [0.1, 0.15) is 12.0 Å². The number of benzene rings is 1. The Morgan fingerprint density at radius 3 is 2.69 bits per heavy atom. The highest BCUT2D eigenvalue weighted by molar-refractivity contribution is 7.64. The van der Waals surface area contributed by atoms with E-state index in [4.69, 9.17) is 0 Å². The first kappa shape index (κ1) is 10.2. The van der Waals surface area contributed by atoms with E-state index in [2.05, 4.69) is 0 Å². The molecule has 0 aliphatic heterocycles. The second-order valence-corrected chi connectivity index (χ2v) is 3.29. The van der Waals surface area contributed by atoms with Crippen molar-refractivity contribution in [2.24, 2.45) is 0 Å². The third kappa shape index (κ3) is 4.01. The number of hydrogen-bond donors (Lipinski definition) is 1.